The maximum atomic E-state index is 13.1. The van der Waals surface area contributed by atoms with Crippen LogP contribution in [0.15, 0.2) is 30.3 Å². The van der Waals surface area contributed by atoms with Gasteiger partial charge in [-0.15, -0.1) is 0 Å². The van der Waals surface area contributed by atoms with Crippen LogP contribution >= 0.6 is 0 Å². The predicted octanol–water partition coefficient (Wildman–Crippen LogP) is 3.46. The molecule has 0 radical (unpaired) electrons. The Bertz CT molecular complexity index is 837. The lowest BCUT2D eigenvalue weighted by molar-refractivity contribution is -0.137. The van der Waals surface area contributed by atoms with Crippen molar-refractivity contribution in [1.82, 2.24) is 14.9 Å². The Balaban J connectivity index is 1.44. The van der Waals surface area contributed by atoms with Crippen molar-refractivity contribution in [2.75, 3.05) is 26.3 Å². The van der Waals surface area contributed by atoms with E-state index in [1.165, 1.54) is 12.1 Å². The minimum atomic E-state index is -0.313. The number of halogens is 1. The molecule has 1 amide bonds. The van der Waals surface area contributed by atoms with Gasteiger partial charge in [0.25, 0.3) is 0 Å². The molecule has 0 saturated carbocycles. The highest BCUT2D eigenvalue weighted by molar-refractivity contribution is 5.79. The zero-order valence-corrected chi connectivity index (χ0v) is 15.9. The van der Waals surface area contributed by atoms with Crippen LogP contribution in [0.3, 0.4) is 0 Å². The third kappa shape index (κ3) is 4.30. The number of likely N-dealkylation sites (tertiary alicyclic amines) is 1. The molecule has 1 atom stereocenters. The van der Waals surface area contributed by atoms with Crippen LogP contribution < -0.4 is 4.74 Å². The van der Waals surface area contributed by atoms with Crippen molar-refractivity contribution in [3.05, 3.63) is 47.7 Å². The Morgan fingerprint density at radius 1 is 1.18 bits per heavy atom. The summed E-state index contributed by atoms with van der Waals surface area (Å²) in [6.07, 6.45) is 2.45. The largest absolute Gasteiger partial charge is 0.439 e. The van der Waals surface area contributed by atoms with Crippen LogP contribution in [0.25, 0.3) is 0 Å². The highest BCUT2D eigenvalue weighted by Crippen LogP contribution is 2.30. The second kappa shape index (κ2) is 8.22. The van der Waals surface area contributed by atoms with E-state index in [4.69, 9.17) is 9.47 Å². The monoisotopic (exact) mass is 385 g/mol. The predicted molar refractivity (Wildman–Crippen MR) is 101 cm³/mol. The van der Waals surface area contributed by atoms with Gasteiger partial charge in [0.05, 0.1) is 0 Å². The molecular formula is C21H24FN3O3. The molecule has 6 nitrogen and oxygen atoms in total. The van der Waals surface area contributed by atoms with Crippen molar-refractivity contribution in [2.45, 2.75) is 32.1 Å². The summed E-state index contributed by atoms with van der Waals surface area (Å²) in [5.74, 6) is 1.73. The molecule has 1 aromatic heterocycles. The molecule has 148 valence electrons. The highest BCUT2D eigenvalue weighted by atomic mass is 19.1. The highest BCUT2D eigenvalue weighted by Gasteiger charge is 2.33. The number of amides is 1. The molecule has 28 heavy (non-hydrogen) atoms. The molecule has 2 aliphatic rings. The van der Waals surface area contributed by atoms with Gasteiger partial charge in [0, 0.05) is 49.9 Å². The molecule has 2 aromatic rings. The van der Waals surface area contributed by atoms with E-state index in [9.17, 15) is 9.18 Å². The molecule has 0 N–H and O–H groups in total. The number of hydrogen-bond acceptors (Lipinski definition) is 5. The van der Waals surface area contributed by atoms with E-state index < -0.39 is 0 Å². The maximum Gasteiger partial charge on any atom is 0.225 e. The van der Waals surface area contributed by atoms with Crippen LogP contribution in [0.4, 0.5) is 4.39 Å². The number of ether oxygens (including phenoxy) is 2. The Kier molecular flexibility index (Phi) is 5.52. The van der Waals surface area contributed by atoms with E-state index in [-0.39, 0.29) is 23.6 Å². The number of aromatic nitrogens is 2. The third-order valence-electron chi connectivity index (χ3n) is 5.32. The van der Waals surface area contributed by atoms with Gasteiger partial charge in [0.2, 0.25) is 11.8 Å². The number of carbonyl (C=O) groups excluding carboxylic acids is 1. The van der Waals surface area contributed by atoms with Gasteiger partial charge in [-0.2, -0.15) is 4.98 Å². The third-order valence-corrected chi connectivity index (χ3v) is 5.32. The Morgan fingerprint density at radius 3 is 2.68 bits per heavy atom. The zero-order chi connectivity index (χ0) is 19.5. The minimum absolute atomic E-state index is 0.0725. The van der Waals surface area contributed by atoms with E-state index in [2.05, 4.69) is 9.97 Å². The average Bonchev–Trinajstić information content (AvgIpc) is 3.20. The van der Waals surface area contributed by atoms with Gasteiger partial charge in [-0.3, -0.25) is 4.79 Å². The number of carbonyl (C=O) groups is 1. The minimum Gasteiger partial charge on any atom is -0.439 e. The fourth-order valence-corrected chi connectivity index (χ4v) is 3.79. The first-order valence-electron chi connectivity index (χ1n) is 9.74. The summed E-state index contributed by atoms with van der Waals surface area (Å²) in [4.78, 5) is 23.8. The van der Waals surface area contributed by atoms with Crippen LogP contribution in [-0.4, -0.2) is 47.1 Å². The van der Waals surface area contributed by atoms with Crippen molar-refractivity contribution < 1.29 is 18.7 Å². The molecule has 2 fully saturated rings. The quantitative estimate of drug-likeness (QED) is 0.807. The van der Waals surface area contributed by atoms with Gasteiger partial charge in [-0.1, -0.05) is 0 Å². The molecule has 3 heterocycles. The standard InChI is InChI=1S/C21H24FN3O3/c1-14-12-19(28-18-4-2-17(22)3-5-18)24-20(23-14)16-6-9-25(13-16)21(26)15-7-10-27-11-8-15/h2-5,12,15-16H,6-11,13H2,1H3. The van der Waals surface area contributed by atoms with Crippen molar-refractivity contribution in [1.29, 1.82) is 0 Å². The Morgan fingerprint density at radius 2 is 1.93 bits per heavy atom. The van der Waals surface area contributed by atoms with Crippen LogP contribution in [0, 0.1) is 18.7 Å². The maximum absolute atomic E-state index is 13.1. The molecule has 2 saturated heterocycles. The van der Waals surface area contributed by atoms with E-state index in [1.807, 2.05) is 11.8 Å². The molecule has 7 heteroatoms. The van der Waals surface area contributed by atoms with Gasteiger partial charge >= 0.3 is 0 Å². The molecule has 0 spiro atoms. The molecule has 0 bridgehead atoms. The second-order valence-corrected chi connectivity index (χ2v) is 7.42. The number of nitrogens with zero attached hydrogens (tertiary/aromatic N) is 3. The topological polar surface area (TPSA) is 64.5 Å². The summed E-state index contributed by atoms with van der Waals surface area (Å²) in [6.45, 7) is 4.59. The zero-order valence-electron chi connectivity index (χ0n) is 15.9. The summed E-state index contributed by atoms with van der Waals surface area (Å²) in [6, 6.07) is 7.58. The first kappa shape index (κ1) is 18.8. The van der Waals surface area contributed by atoms with Crippen molar-refractivity contribution in [2.24, 2.45) is 5.92 Å². The van der Waals surface area contributed by atoms with E-state index in [0.29, 0.717) is 37.2 Å². The van der Waals surface area contributed by atoms with E-state index in [0.717, 1.165) is 31.5 Å². The number of benzene rings is 1. The molecule has 0 aliphatic carbocycles. The van der Waals surface area contributed by atoms with Crippen LogP contribution in [0.5, 0.6) is 11.6 Å². The molecular weight excluding hydrogens is 361 g/mol. The average molecular weight is 385 g/mol. The molecule has 2 aliphatic heterocycles. The smallest absolute Gasteiger partial charge is 0.225 e. The van der Waals surface area contributed by atoms with Crippen molar-refractivity contribution in [3.63, 3.8) is 0 Å². The fraction of sp³-hybridized carbons (Fsp3) is 0.476. The lowest BCUT2D eigenvalue weighted by atomic mass is 9.99. The Hall–Kier alpha value is -2.54. The van der Waals surface area contributed by atoms with Gasteiger partial charge < -0.3 is 14.4 Å². The second-order valence-electron chi connectivity index (χ2n) is 7.42. The number of rotatable bonds is 4. The van der Waals surface area contributed by atoms with E-state index in [1.54, 1.807) is 18.2 Å². The van der Waals surface area contributed by atoms with Crippen molar-refractivity contribution in [3.8, 4) is 11.6 Å². The Labute approximate surface area is 163 Å². The summed E-state index contributed by atoms with van der Waals surface area (Å²) >= 11 is 0. The van der Waals surface area contributed by atoms with Gasteiger partial charge in [0.15, 0.2) is 0 Å². The lowest BCUT2D eigenvalue weighted by Crippen LogP contribution is -2.37. The van der Waals surface area contributed by atoms with E-state index >= 15 is 0 Å². The molecule has 1 unspecified atom stereocenters. The van der Waals surface area contributed by atoms with Gasteiger partial charge in [-0.05, 0) is 50.5 Å². The normalized spacial score (nSPS) is 20.4. The van der Waals surface area contributed by atoms with Crippen LogP contribution in [0.2, 0.25) is 0 Å². The van der Waals surface area contributed by atoms with Gasteiger partial charge in [0.1, 0.15) is 17.4 Å². The number of hydrogen-bond donors (Lipinski definition) is 0. The molecule has 1 aromatic carbocycles. The number of aryl methyl sites for hydroxylation is 1. The van der Waals surface area contributed by atoms with Crippen LogP contribution in [0.1, 0.15) is 36.7 Å². The first-order chi connectivity index (χ1) is 13.6. The lowest BCUT2D eigenvalue weighted by Gasteiger charge is -2.26. The summed E-state index contributed by atoms with van der Waals surface area (Å²) in [5.41, 5.74) is 0.802. The summed E-state index contributed by atoms with van der Waals surface area (Å²) < 4.78 is 24.2. The first-order valence-corrected chi connectivity index (χ1v) is 9.74. The SMILES string of the molecule is Cc1cc(Oc2ccc(F)cc2)nc(C2CCN(C(=O)C3CCOCC3)C2)n1. The van der Waals surface area contributed by atoms with Crippen molar-refractivity contribution >= 4 is 5.91 Å². The fourth-order valence-electron chi connectivity index (χ4n) is 3.79. The summed E-state index contributed by atoms with van der Waals surface area (Å²) in [5, 5.41) is 0. The molecule has 4 rings (SSSR count). The summed E-state index contributed by atoms with van der Waals surface area (Å²) in [7, 11) is 0. The van der Waals surface area contributed by atoms with Crippen LogP contribution in [-0.2, 0) is 9.53 Å². The van der Waals surface area contributed by atoms with Gasteiger partial charge in [-0.25, -0.2) is 9.37 Å².